The number of carboxylic acids is 1. The molecule has 0 spiro atoms. The monoisotopic (exact) mass is 232 g/mol. The standard InChI is InChI=1S/C13H15NO3/c1-8-6-9(2)13(10(3)7-8)14-11(15)4-5-12(16)17/h4-7H,1-3H3,(H,14,15)(H,16,17)/p-1. The van der Waals surface area contributed by atoms with Gasteiger partial charge >= 0.3 is 0 Å². The van der Waals surface area contributed by atoms with Gasteiger partial charge in [0.25, 0.3) is 0 Å². The zero-order valence-electron chi connectivity index (χ0n) is 10.0. The average molecular weight is 232 g/mol. The summed E-state index contributed by atoms with van der Waals surface area (Å²) in [6.07, 6.45) is 1.64. The van der Waals surface area contributed by atoms with Gasteiger partial charge in [0.15, 0.2) is 0 Å². The van der Waals surface area contributed by atoms with Gasteiger partial charge in [-0.15, -0.1) is 0 Å². The number of anilines is 1. The van der Waals surface area contributed by atoms with Gasteiger partial charge in [-0.25, -0.2) is 0 Å². The quantitative estimate of drug-likeness (QED) is 0.786. The van der Waals surface area contributed by atoms with Crippen molar-refractivity contribution in [1.82, 2.24) is 0 Å². The van der Waals surface area contributed by atoms with Crippen LogP contribution in [0.15, 0.2) is 24.3 Å². The maximum atomic E-state index is 11.4. The molecule has 0 aromatic heterocycles. The molecule has 0 aliphatic rings. The van der Waals surface area contributed by atoms with E-state index in [-0.39, 0.29) is 0 Å². The van der Waals surface area contributed by atoms with Crippen molar-refractivity contribution >= 4 is 17.6 Å². The van der Waals surface area contributed by atoms with E-state index in [0.29, 0.717) is 11.8 Å². The summed E-state index contributed by atoms with van der Waals surface area (Å²) in [5.41, 5.74) is 3.71. The minimum Gasteiger partial charge on any atom is -0.545 e. The average Bonchev–Trinajstić information content (AvgIpc) is 2.20. The molecule has 90 valence electrons. The molecule has 0 heterocycles. The second kappa shape index (κ2) is 5.30. The number of hydrogen-bond acceptors (Lipinski definition) is 3. The summed E-state index contributed by atoms with van der Waals surface area (Å²) in [4.78, 5) is 21.6. The number of nitrogens with one attached hydrogen (secondary N) is 1. The summed E-state index contributed by atoms with van der Waals surface area (Å²) in [7, 11) is 0. The van der Waals surface area contributed by atoms with Crippen LogP contribution in [0.1, 0.15) is 16.7 Å². The van der Waals surface area contributed by atoms with Crippen molar-refractivity contribution < 1.29 is 14.7 Å². The molecule has 0 bridgehead atoms. The lowest BCUT2D eigenvalue weighted by Crippen LogP contribution is -2.20. The number of carboxylic acid groups (broad SMARTS) is 1. The second-order valence-corrected chi connectivity index (χ2v) is 3.92. The number of rotatable bonds is 3. The van der Waals surface area contributed by atoms with E-state index < -0.39 is 11.9 Å². The van der Waals surface area contributed by atoms with Crippen LogP contribution >= 0.6 is 0 Å². The third-order valence-corrected chi connectivity index (χ3v) is 2.30. The Hall–Kier alpha value is -2.10. The molecule has 0 saturated carbocycles. The molecule has 0 atom stereocenters. The number of aryl methyl sites for hydroxylation is 3. The van der Waals surface area contributed by atoms with Gasteiger partial charge in [-0.3, -0.25) is 4.79 Å². The van der Waals surface area contributed by atoms with Gasteiger partial charge in [-0.05, 0) is 38.0 Å². The topological polar surface area (TPSA) is 69.2 Å². The Balaban J connectivity index is 2.89. The first-order valence-electron chi connectivity index (χ1n) is 5.18. The number of hydrogen-bond donors (Lipinski definition) is 1. The number of aliphatic carboxylic acids is 1. The number of benzene rings is 1. The summed E-state index contributed by atoms with van der Waals surface area (Å²) in [5.74, 6) is -1.87. The smallest absolute Gasteiger partial charge is 0.248 e. The number of amides is 1. The van der Waals surface area contributed by atoms with Crippen LogP contribution in [0.3, 0.4) is 0 Å². The first-order valence-corrected chi connectivity index (χ1v) is 5.18. The molecule has 0 saturated heterocycles. The fourth-order valence-electron chi connectivity index (χ4n) is 1.69. The normalized spacial score (nSPS) is 10.5. The molecular formula is C13H14NO3-. The lowest BCUT2D eigenvalue weighted by atomic mass is 10.1. The van der Waals surface area contributed by atoms with Crippen LogP contribution in [0.2, 0.25) is 0 Å². The maximum Gasteiger partial charge on any atom is 0.248 e. The van der Waals surface area contributed by atoms with Gasteiger partial charge in [0, 0.05) is 11.8 Å². The molecule has 1 N–H and O–H groups in total. The summed E-state index contributed by atoms with van der Waals surface area (Å²) >= 11 is 0. The van der Waals surface area contributed by atoms with Gasteiger partial charge in [0.05, 0.1) is 5.97 Å². The lowest BCUT2D eigenvalue weighted by molar-refractivity contribution is -0.297. The van der Waals surface area contributed by atoms with E-state index >= 15 is 0 Å². The predicted octanol–water partition coefficient (Wildman–Crippen LogP) is 0.856. The second-order valence-electron chi connectivity index (χ2n) is 3.92. The molecule has 0 aliphatic carbocycles. The number of carbonyl (C=O) groups is 2. The first kappa shape index (κ1) is 13.0. The molecule has 0 aliphatic heterocycles. The Morgan fingerprint density at radius 2 is 1.65 bits per heavy atom. The Morgan fingerprint density at radius 3 is 2.12 bits per heavy atom. The van der Waals surface area contributed by atoms with Gasteiger partial charge in [0.1, 0.15) is 0 Å². The van der Waals surface area contributed by atoms with Crippen LogP contribution in [0, 0.1) is 20.8 Å². The van der Waals surface area contributed by atoms with Gasteiger partial charge in [-0.1, -0.05) is 17.7 Å². The van der Waals surface area contributed by atoms with E-state index in [0.717, 1.165) is 22.8 Å². The molecular weight excluding hydrogens is 218 g/mol. The van der Waals surface area contributed by atoms with E-state index in [1.54, 1.807) is 0 Å². The third-order valence-electron chi connectivity index (χ3n) is 2.30. The molecule has 1 amide bonds. The summed E-state index contributed by atoms with van der Waals surface area (Å²) in [6.45, 7) is 5.75. The molecule has 4 heteroatoms. The van der Waals surface area contributed by atoms with Crippen molar-refractivity contribution in [2.24, 2.45) is 0 Å². The molecule has 1 aromatic carbocycles. The predicted molar refractivity (Wildman–Crippen MR) is 63.4 cm³/mol. The van der Waals surface area contributed by atoms with E-state index in [1.807, 2.05) is 32.9 Å². The summed E-state index contributed by atoms with van der Waals surface area (Å²) < 4.78 is 0. The van der Waals surface area contributed by atoms with Crippen LogP contribution < -0.4 is 10.4 Å². The first-order chi connectivity index (χ1) is 7.90. The fourth-order valence-corrected chi connectivity index (χ4v) is 1.69. The van der Waals surface area contributed by atoms with Crippen molar-refractivity contribution in [1.29, 1.82) is 0 Å². The highest BCUT2D eigenvalue weighted by Crippen LogP contribution is 2.21. The van der Waals surface area contributed by atoms with Gasteiger partial charge in [0.2, 0.25) is 5.91 Å². The molecule has 0 radical (unpaired) electrons. The molecule has 4 nitrogen and oxygen atoms in total. The van der Waals surface area contributed by atoms with E-state index in [9.17, 15) is 14.7 Å². The molecule has 17 heavy (non-hydrogen) atoms. The van der Waals surface area contributed by atoms with Crippen molar-refractivity contribution in [2.75, 3.05) is 5.32 Å². The minimum atomic E-state index is -1.39. The van der Waals surface area contributed by atoms with Crippen molar-refractivity contribution in [3.8, 4) is 0 Å². The maximum absolute atomic E-state index is 11.4. The highest BCUT2D eigenvalue weighted by molar-refractivity contribution is 6.02. The van der Waals surface area contributed by atoms with Gasteiger partial charge in [-0.2, -0.15) is 0 Å². The lowest BCUT2D eigenvalue weighted by Gasteiger charge is -2.11. The van der Waals surface area contributed by atoms with Crippen molar-refractivity contribution in [3.05, 3.63) is 41.0 Å². The largest absolute Gasteiger partial charge is 0.545 e. The third kappa shape index (κ3) is 3.75. The fraction of sp³-hybridized carbons (Fsp3) is 0.231. The van der Waals surface area contributed by atoms with E-state index in [1.165, 1.54) is 0 Å². The Labute approximate surface area is 100.0 Å². The molecule has 0 unspecified atom stereocenters. The van der Waals surface area contributed by atoms with E-state index in [2.05, 4.69) is 5.32 Å². The highest BCUT2D eigenvalue weighted by atomic mass is 16.4. The van der Waals surface area contributed by atoms with Gasteiger partial charge < -0.3 is 15.2 Å². The Kier molecular flexibility index (Phi) is 4.04. The minimum absolute atomic E-state index is 0.482. The molecule has 1 rings (SSSR count). The van der Waals surface area contributed by atoms with Crippen molar-refractivity contribution in [2.45, 2.75) is 20.8 Å². The molecule has 1 aromatic rings. The summed E-state index contributed by atoms with van der Waals surface area (Å²) in [5, 5.41) is 12.8. The van der Waals surface area contributed by atoms with E-state index in [4.69, 9.17) is 0 Å². The SMILES string of the molecule is Cc1cc(C)c(NC(=O)C=CC(=O)[O-])c(C)c1. The van der Waals surface area contributed by atoms with Crippen LogP contribution in [0.5, 0.6) is 0 Å². The Bertz CT molecular complexity index is 466. The molecule has 0 fully saturated rings. The zero-order chi connectivity index (χ0) is 13.0. The number of carbonyl (C=O) groups excluding carboxylic acids is 2. The Morgan fingerprint density at radius 1 is 1.12 bits per heavy atom. The van der Waals surface area contributed by atoms with Crippen LogP contribution in [-0.2, 0) is 9.59 Å². The van der Waals surface area contributed by atoms with Crippen LogP contribution in [-0.4, -0.2) is 11.9 Å². The highest BCUT2D eigenvalue weighted by Gasteiger charge is 2.05. The van der Waals surface area contributed by atoms with Crippen LogP contribution in [0.4, 0.5) is 5.69 Å². The zero-order valence-corrected chi connectivity index (χ0v) is 10.0. The summed E-state index contributed by atoms with van der Waals surface area (Å²) in [6, 6.07) is 3.90. The van der Waals surface area contributed by atoms with Crippen molar-refractivity contribution in [3.63, 3.8) is 0 Å². The van der Waals surface area contributed by atoms with Crippen LogP contribution in [0.25, 0.3) is 0 Å².